The summed E-state index contributed by atoms with van der Waals surface area (Å²) in [6.07, 6.45) is 1.86. The van der Waals surface area contributed by atoms with Gasteiger partial charge in [-0.1, -0.05) is 18.2 Å². The van der Waals surface area contributed by atoms with E-state index >= 15 is 0 Å². The molecule has 0 aliphatic rings. The van der Waals surface area contributed by atoms with Gasteiger partial charge >= 0.3 is 0 Å². The van der Waals surface area contributed by atoms with Crippen molar-refractivity contribution in [2.75, 3.05) is 20.3 Å². The Morgan fingerprint density at radius 3 is 2.63 bits per heavy atom. The zero-order valence-electron chi connectivity index (χ0n) is 11.6. The first-order valence-electron chi connectivity index (χ1n) is 6.42. The third-order valence-electron chi connectivity index (χ3n) is 3.18. The quantitative estimate of drug-likeness (QED) is 0.823. The molecule has 1 unspecified atom stereocenters. The number of hydrogen-bond donors (Lipinski definition) is 1. The fourth-order valence-corrected chi connectivity index (χ4v) is 3.00. The Balaban J connectivity index is 2.31. The predicted molar refractivity (Wildman–Crippen MR) is 79.8 cm³/mol. The Labute approximate surface area is 118 Å². The third-order valence-corrected chi connectivity index (χ3v) is 4.02. The number of methoxy groups -OCH3 is 1. The summed E-state index contributed by atoms with van der Waals surface area (Å²) in [7, 11) is 1.72. The molecule has 0 bridgehead atoms. The molecular formula is C15H20N2OS. The van der Waals surface area contributed by atoms with E-state index in [-0.39, 0.29) is 6.04 Å². The van der Waals surface area contributed by atoms with E-state index in [4.69, 9.17) is 4.74 Å². The fourth-order valence-electron chi connectivity index (χ4n) is 2.28. The van der Waals surface area contributed by atoms with Gasteiger partial charge in [0, 0.05) is 25.2 Å². The van der Waals surface area contributed by atoms with E-state index in [0.717, 1.165) is 11.6 Å². The molecule has 1 aromatic carbocycles. The summed E-state index contributed by atoms with van der Waals surface area (Å²) in [6, 6.07) is 6.56. The number of aryl methyl sites for hydroxylation is 2. The van der Waals surface area contributed by atoms with E-state index in [1.807, 2.05) is 11.6 Å². The third kappa shape index (κ3) is 3.41. The lowest BCUT2D eigenvalue weighted by molar-refractivity contribution is 0.197. The van der Waals surface area contributed by atoms with Crippen LogP contribution in [0.25, 0.3) is 0 Å². The smallest absolute Gasteiger partial charge is 0.114 e. The lowest BCUT2D eigenvalue weighted by Gasteiger charge is -2.21. The molecule has 2 aromatic rings. The van der Waals surface area contributed by atoms with E-state index in [1.54, 1.807) is 18.4 Å². The van der Waals surface area contributed by atoms with Crippen LogP contribution in [0.2, 0.25) is 0 Å². The molecule has 0 spiro atoms. The van der Waals surface area contributed by atoms with Crippen molar-refractivity contribution in [1.29, 1.82) is 0 Å². The predicted octanol–water partition coefficient (Wildman–Crippen LogP) is 3.09. The van der Waals surface area contributed by atoms with E-state index in [0.29, 0.717) is 6.61 Å². The molecular weight excluding hydrogens is 256 g/mol. The molecule has 4 heteroatoms. The molecule has 102 valence electrons. The van der Waals surface area contributed by atoms with Crippen LogP contribution in [-0.2, 0) is 4.74 Å². The highest BCUT2D eigenvalue weighted by Gasteiger charge is 2.19. The molecule has 1 aromatic heterocycles. The molecule has 0 saturated heterocycles. The maximum atomic E-state index is 5.13. The molecule has 0 fully saturated rings. The molecule has 0 radical (unpaired) electrons. The number of hydrogen-bond acceptors (Lipinski definition) is 4. The van der Waals surface area contributed by atoms with Gasteiger partial charge in [0.15, 0.2) is 0 Å². The van der Waals surface area contributed by atoms with Crippen LogP contribution in [-0.4, -0.2) is 25.2 Å². The highest BCUT2D eigenvalue weighted by atomic mass is 32.1. The summed E-state index contributed by atoms with van der Waals surface area (Å²) in [4.78, 5) is 4.47. The first kappa shape index (κ1) is 14.2. The summed E-state index contributed by atoms with van der Waals surface area (Å²) in [5, 5.41) is 6.67. The van der Waals surface area contributed by atoms with Crippen LogP contribution >= 0.6 is 11.3 Å². The normalized spacial score (nSPS) is 12.6. The van der Waals surface area contributed by atoms with Gasteiger partial charge in [0.25, 0.3) is 0 Å². The summed E-state index contributed by atoms with van der Waals surface area (Å²) in [5.74, 6) is 0. The lowest BCUT2D eigenvalue weighted by Crippen LogP contribution is -2.27. The molecule has 3 nitrogen and oxygen atoms in total. The van der Waals surface area contributed by atoms with Gasteiger partial charge in [-0.3, -0.25) is 0 Å². The lowest BCUT2D eigenvalue weighted by atomic mass is 9.96. The molecule has 1 N–H and O–H groups in total. The largest absolute Gasteiger partial charge is 0.383 e. The van der Waals surface area contributed by atoms with Gasteiger partial charge in [0.1, 0.15) is 5.01 Å². The topological polar surface area (TPSA) is 34.1 Å². The summed E-state index contributed by atoms with van der Waals surface area (Å²) in [5.41, 5.74) is 3.92. The van der Waals surface area contributed by atoms with Crippen molar-refractivity contribution < 1.29 is 4.74 Å². The first-order chi connectivity index (χ1) is 9.24. The van der Waals surface area contributed by atoms with E-state index in [2.05, 4.69) is 42.3 Å². The standard InChI is InChI=1S/C15H20N2OS/c1-11-5-4-6-12(2)13(11)14(16-7-9-18-3)15-17-8-10-19-15/h4-6,8,10,14,16H,7,9H2,1-3H3. The zero-order chi connectivity index (χ0) is 13.7. The van der Waals surface area contributed by atoms with Crippen LogP contribution in [0.3, 0.4) is 0 Å². The Bertz CT molecular complexity index is 491. The van der Waals surface area contributed by atoms with Gasteiger partial charge in [-0.25, -0.2) is 4.98 Å². The molecule has 0 amide bonds. The monoisotopic (exact) mass is 276 g/mol. The minimum Gasteiger partial charge on any atom is -0.383 e. The van der Waals surface area contributed by atoms with E-state index < -0.39 is 0 Å². The Morgan fingerprint density at radius 2 is 2.05 bits per heavy atom. The number of nitrogens with zero attached hydrogens (tertiary/aromatic N) is 1. The fraction of sp³-hybridized carbons (Fsp3) is 0.400. The number of thiazole rings is 1. The minimum absolute atomic E-state index is 0.149. The van der Waals surface area contributed by atoms with Gasteiger partial charge in [-0.15, -0.1) is 11.3 Å². The van der Waals surface area contributed by atoms with Gasteiger partial charge in [0.2, 0.25) is 0 Å². The van der Waals surface area contributed by atoms with Gasteiger partial charge < -0.3 is 10.1 Å². The van der Waals surface area contributed by atoms with Crippen LogP contribution < -0.4 is 5.32 Å². The SMILES string of the molecule is COCCNC(c1nccs1)c1c(C)cccc1C. The Kier molecular flexibility index (Phi) is 5.07. The summed E-state index contributed by atoms with van der Waals surface area (Å²) in [6.45, 7) is 5.82. The number of rotatable bonds is 6. The average molecular weight is 276 g/mol. The Hall–Kier alpha value is -1.23. The second kappa shape index (κ2) is 6.80. The van der Waals surface area contributed by atoms with Crippen LogP contribution in [0, 0.1) is 13.8 Å². The molecule has 19 heavy (non-hydrogen) atoms. The van der Waals surface area contributed by atoms with Crippen LogP contribution in [0.4, 0.5) is 0 Å². The highest BCUT2D eigenvalue weighted by molar-refractivity contribution is 7.09. The molecule has 0 saturated carbocycles. The van der Waals surface area contributed by atoms with Crippen molar-refractivity contribution in [2.45, 2.75) is 19.9 Å². The number of nitrogens with one attached hydrogen (secondary N) is 1. The molecule has 2 rings (SSSR count). The van der Waals surface area contributed by atoms with Gasteiger partial charge in [-0.05, 0) is 30.5 Å². The number of ether oxygens (including phenoxy) is 1. The second-order valence-corrected chi connectivity index (χ2v) is 5.48. The van der Waals surface area contributed by atoms with E-state index in [1.165, 1.54) is 16.7 Å². The average Bonchev–Trinajstić information content (AvgIpc) is 2.90. The van der Waals surface area contributed by atoms with Crippen molar-refractivity contribution >= 4 is 11.3 Å². The van der Waals surface area contributed by atoms with Crippen molar-refractivity contribution in [3.63, 3.8) is 0 Å². The van der Waals surface area contributed by atoms with Crippen molar-refractivity contribution in [1.82, 2.24) is 10.3 Å². The van der Waals surface area contributed by atoms with Crippen LogP contribution in [0.1, 0.15) is 27.7 Å². The Morgan fingerprint density at radius 1 is 1.32 bits per heavy atom. The van der Waals surface area contributed by atoms with Crippen LogP contribution in [0.5, 0.6) is 0 Å². The van der Waals surface area contributed by atoms with E-state index in [9.17, 15) is 0 Å². The second-order valence-electron chi connectivity index (χ2n) is 4.56. The van der Waals surface area contributed by atoms with Crippen molar-refractivity contribution in [3.8, 4) is 0 Å². The maximum absolute atomic E-state index is 5.13. The first-order valence-corrected chi connectivity index (χ1v) is 7.30. The number of benzene rings is 1. The van der Waals surface area contributed by atoms with Crippen molar-refractivity contribution in [3.05, 3.63) is 51.5 Å². The summed E-state index contributed by atoms with van der Waals surface area (Å²) >= 11 is 1.69. The molecule has 1 heterocycles. The number of aromatic nitrogens is 1. The zero-order valence-corrected chi connectivity index (χ0v) is 12.5. The molecule has 0 aliphatic heterocycles. The molecule has 1 atom stereocenters. The van der Waals surface area contributed by atoms with Crippen LogP contribution in [0.15, 0.2) is 29.8 Å². The highest BCUT2D eigenvalue weighted by Crippen LogP contribution is 2.28. The molecule has 0 aliphatic carbocycles. The maximum Gasteiger partial charge on any atom is 0.114 e. The summed E-state index contributed by atoms with van der Waals surface area (Å²) < 4.78 is 5.13. The minimum atomic E-state index is 0.149. The van der Waals surface area contributed by atoms with Gasteiger partial charge in [0.05, 0.1) is 12.6 Å². The van der Waals surface area contributed by atoms with Crippen molar-refractivity contribution in [2.24, 2.45) is 0 Å². The van der Waals surface area contributed by atoms with Gasteiger partial charge in [-0.2, -0.15) is 0 Å².